The molecule has 0 aliphatic heterocycles. The number of unbranched alkanes of at least 4 members (excludes halogenated alkanes) is 7. The van der Waals surface area contributed by atoms with Crippen molar-refractivity contribution in [3.8, 4) is 0 Å². The molecule has 0 bridgehead atoms. The second kappa shape index (κ2) is 18.2. The van der Waals surface area contributed by atoms with Gasteiger partial charge in [-0.2, -0.15) is 0 Å². The Balaban J connectivity index is 4.02. The number of carbonyl (C=O) groups is 2. The molecule has 0 aliphatic rings. The topological polar surface area (TPSA) is 93.1 Å². The molecule has 6 nitrogen and oxygen atoms in total. The predicted octanol–water partition coefficient (Wildman–Crippen LogP) is 5.15. The Bertz CT molecular complexity index is 509. The molecular weight excluding hydrogens is 372 g/mol. The van der Waals surface area contributed by atoms with Crippen LogP contribution in [0.1, 0.15) is 90.9 Å². The third kappa shape index (κ3) is 13.9. The summed E-state index contributed by atoms with van der Waals surface area (Å²) in [6.45, 7) is 3.94. The number of esters is 2. The van der Waals surface area contributed by atoms with Crippen molar-refractivity contribution in [1.29, 1.82) is 0 Å². The van der Waals surface area contributed by atoms with Gasteiger partial charge >= 0.3 is 11.9 Å². The van der Waals surface area contributed by atoms with Gasteiger partial charge in [0.2, 0.25) is 5.76 Å². The fraction of sp³-hybridized carbons (Fsp3) is 0.739. The molecule has 0 heterocycles. The third-order valence-electron chi connectivity index (χ3n) is 4.70. The van der Waals surface area contributed by atoms with Crippen molar-refractivity contribution in [1.82, 2.24) is 0 Å². The smallest absolute Gasteiger partial charge is 0.373 e. The van der Waals surface area contributed by atoms with Crippen LogP contribution in [0.3, 0.4) is 0 Å². The zero-order valence-electron chi connectivity index (χ0n) is 18.5. The van der Waals surface area contributed by atoms with Gasteiger partial charge in [-0.05, 0) is 45.4 Å². The number of hydrogen-bond donors (Lipinski definition) is 2. The van der Waals surface area contributed by atoms with Gasteiger partial charge in [-0.15, -0.1) is 0 Å². The molecule has 168 valence electrons. The molecule has 0 radical (unpaired) electrons. The van der Waals surface area contributed by atoms with Crippen LogP contribution in [0.5, 0.6) is 0 Å². The van der Waals surface area contributed by atoms with Crippen LogP contribution >= 0.6 is 0 Å². The van der Waals surface area contributed by atoms with Gasteiger partial charge in [-0.3, -0.25) is 0 Å². The van der Waals surface area contributed by atoms with Crippen molar-refractivity contribution in [3.05, 3.63) is 23.5 Å². The van der Waals surface area contributed by atoms with Gasteiger partial charge in [-0.25, -0.2) is 9.59 Å². The molecule has 1 unspecified atom stereocenters. The summed E-state index contributed by atoms with van der Waals surface area (Å²) in [7, 11) is 1.22. The molecule has 1 atom stereocenters. The molecule has 2 N–H and O–H groups in total. The van der Waals surface area contributed by atoms with E-state index in [0.717, 1.165) is 38.5 Å². The van der Waals surface area contributed by atoms with E-state index in [4.69, 9.17) is 4.74 Å². The SMILES string of the molecule is CCCCCCC(O)C/C=C/CCCCCC/C(C(=O)OC)=C(/O)C(=O)OCC. The van der Waals surface area contributed by atoms with Crippen molar-refractivity contribution in [2.24, 2.45) is 0 Å². The summed E-state index contributed by atoms with van der Waals surface area (Å²) in [6.07, 6.45) is 15.0. The van der Waals surface area contributed by atoms with Crippen LogP contribution in [0, 0.1) is 0 Å². The maximum Gasteiger partial charge on any atom is 0.373 e. The monoisotopic (exact) mass is 412 g/mol. The first kappa shape index (κ1) is 27.2. The highest BCUT2D eigenvalue weighted by Gasteiger charge is 2.21. The van der Waals surface area contributed by atoms with Gasteiger partial charge in [0.25, 0.3) is 0 Å². The quantitative estimate of drug-likeness (QED) is 0.113. The van der Waals surface area contributed by atoms with Gasteiger partial charge in [0.15, 0.2) is 0 Å². The van der Waals surface area contributed by atoms with E-state index in [2.05, 4.69) is 23.8 Å². The molecule has 29 heavy (non-hydrogen) atoms. The molecule has 0 aliphatic carbocycles. The minimum atomic E-state index is -0.898. The van der Waals surface area contributed by atoms with Gasteiger partial charge in [0.1, 0.15) is 0 Å². The summed E-state index contributed by atoms with van der Waals surface area (Å²) in [5, 5.41) is 19.8. The van der Waals surface area contributed by atoms with E-state index in [-0.39, 0.29) is 24.7 Å². The van der Waals surface area contributed by atoms with Crippen molar-refractivity contribution >= 4 is 11.9 Å². The lowest BCUT2D eigenvalue weighted by Crippen LogP contribution is -2.15. The number of carbonyl (C=O) groups excluding carboxylic acids is 2. The molecule has 0 aromatic carbocycles. The average Bonchev–Trinajstić information content (AvgIpc) is 2.71. The van der Waals surface area contributed by atoms with E-state index in [9.17, 15) is 19.8 Å². The van der Waals surface area contributed by atoms with E-state index in [1.54, 1.807) is 6.92 Å². The summed E-state index contributed by atoms with van der Waals surface area (Å²) in [4.78, 5) is 23.4. The maximum absolute atomic E-state index is 11.8. The highest BCUT2D eigenvalue weighted by Crippen LogP contribution is 2.16. The highest BCUT2D eigenvalue weighted by atomic mass is 16.5. The van der Waals surface area contributed by atoms with Crippen molar-refractivity contribution in [3.63, 3.8) is 0 Å². The number of allylic oxidation sites excluding steroid dienone is 1. The van der Waals surface area contributed by atoms with Crippen LogP contribution in [-0.2, 0) is 19.1 Å². The molecule has 0 aromatic heterocycles. The van der Waals surface area contributed by atoms with E-state index in [1.165, 1.54) is 26.4 Å². The lowest BCUT2D eigenvalue weighted by Gasteiger charge is -2.08. The Kier molecular flexibility index (Phi) is 17.1. The normalized spacial score (nSPS) is 13.2. The largest absolute Gasteiger partial charge is 0.501 e. The molecule has 0 amide bonds. The molecule has 0 spiro atoms. The molecular formula is C23H40O6. The number of ether oxygens (including phenoxy) is 2. The second-order valence-corrected chi connectivity index (χ2v) is 7.20. The van der Waals surface area contributed by atoms with Gasteiger partial charge in [0.05, 0.1) is 25.4 Å². The number of methoxy groups -OCH3 is 1. The third-order valence-corrected chi connectivity index (χ3v) is 4.70. The van der Waals surface area contributed by atoms with E-state index >= 15 is 0 Å². The fourth-order valence-electron chi connectivity index (χ4n) is 2.98. The Labute approximate surface area is 176 Å². The zero-order chi connectivity index (χ0) is 21.9. The van der Waals surface area contributed by atoms with Crippen LogP contribution in [-0.4, -0.2) is 42.0 Å². The average molecular weight is 413 g/mol. The predicted molar refractivity (Wildman–Crippen MR) is 115 cm³/mol. The first-order valence-corrected chi connectivity index (χ1v) is 11.0. The summed E-state index contributed by atoms with van der Waals surface area (Å²) < 4.78 is 9.38. The van der Waals surface area contributed by atoms with E-state index < -0.39 is 17.7 Å². The van der Waals surface area contributed by atoms with Crippen LogP contribution in [0.4, 0.5) is 0 Å². The summed E-state index contributed by atoms with van der Waals surface area (Å²) >= 11 is 0. The Morgan fingerprint density at radius 1 is 0.931 bits per heavy atom. The lowest BCUT2D eigenvalue weighted by molar-refractivity contribution is -0.143. The summed E-state index contributed by atoms with van der Waals surface area (Å²) in [6, 6.07) is 0. The molecule has 0 rings (SSSR count). The van der Waals surface area contributed by atoms with Gasteiger partial charge in [0, 0.05) is 0 Å². The second-order valence-electron chi connectivity index (χ2n) is 7.20. The first-order valence-electron chi connectivity index (χ1n) is 11.0. The van der Waals surface area contributed by atoms with Crippen LogP contribution in [0.2, 0.25) is 0 Å². The Morgan fingerprint density at radius 3 is 2.28 bits per heavy atom. The standard InChI is InChI=1S/C23H40O6/c1-4-6-7-13-16-19(24)17-14-11-9-8-10-12-15-18-20(22(26)28-3)21(25)23(27)29-5-2/h11,14,19,24-25H,4-10,12-13,15-18H2,1-3H3/b14-11+,21-20-. The van der Waals surface area contributed by atoms with Crippen molar-refractivity contribution in [2.45, 2.75) is 97.0 Å². The van der Waals surface area contributed by atoms with Crippen LogP contribution in [0.25, 0.3) is 0 Å². The zero-order valence-corrected chi connectivity index (χ0v) is 18.5. The number of hydrogen-bond acceptors (Lipinski definition) is 6. The number of aliphatic hydroxyl groups is 2. The summed E-state index contributed by atoms with van der Waals surface area (Å²) in [5.41, 5.74) is -0.0289. The summed E-state index contributed by atoms with van der Waals surface area (Å²) in [5.74, 6) is -2.26. The van der Waals surface area contributed by atoms with Gasteiger partial charge in [-0.1, -0.05) is 57.6 Å². The number of rotatable bonds is 17. The van der Waals surface area contributed by atoms with E-state index in [0.29, 0.717) is 12.8 Å². The highest BCUT2D eigenvalue weighted by molar-refractivity contribution is 5.98. The maximum atomic E-state index is 11.8. The molecule has 0 saturated carbocycles. The van der Waals surface area contributed by atoms with Gasteiger partial charge < -0.3 is 19.7 Å². The fourth-order valence-corrected chi connectivity index (χ4v) is 2.98. The first-order chi connectivity index (χ1) is 14.0. The Morgan fingerprint density at radius 2 is 1.62 bits per heavy atom. The van der Waals surface area contributed by atoms with E-state index in [1.807, 2.05) is 0 Å². The van der Waals surface area contributed by atoms with Crippen molar-refractivity contribution in [2.75, 3.05) is 13.7 Å². The van der Waals surface area contributed by atoms with Crippen LogP contribution in [0.15, 0.2) is 23.5 Å². The minimum Gasteiger partial charge on any atom is -0.501 e. The molecule has 0 saturated heterocycles. The lowest BCUT2D eigenvalue weighted by atomic mass is 10.0. The molecule has 0 fully saturated rings. The molecule has 0 aromatic rings. The van der Waals surface area contributed by atoms with Crippen molar-refractivity contribution < 1.29 is 29.3 Å². The Hall–Kier alpha value is -1.82. The minimum absolute atomic E-state index is 0.0289. The van der Waals surface area contributed by atoms with Crippen LogP contribution < -0.4 is 0 Å². The number of aliphatic hydroxyl groups excluding tert-OH is 2. The molecule has 6 heteroatoms.